The minimum absolute atomic E-state index is 0.176. The number of carbonyl (C=O) groups is 1. The van der Waals surface area contributed by atoms with Crippen molar-refractivity contribution < 1.29 is 27.3 Å². The Morgan fingerprint density at radius 1 is 0.935 bits per heavy atom. The molecule has 2 aromatic carbocycles. The van der Waals surface area contributed by atoms with E-state index >= 15 is 0 Å². The van der Waals surface area contributed by atoms with Gasteiger partial charge in [-0.3, -0.25) is 4.90 Å². The molecule has 2 fully saturated rings. The van der Waals surface area contributed by atoms with Crippen molar-refractivity contribution in [2.24, 2.45) is 0 Å². The van der Waals surface area contributed by atoms with Gasteiger partial charge in [0.1, 0.15) is 5.82 Å². The third-order valence-electron chi connectivity index (χ3n) is 6.49. The van der Waals surface area contributed by atoms with E-state index in [1.165, 1.54) is 21.9 Å². The molecule has 2 aliphatic rings. The zero-order chi connectivity index (χ0) is 22.7. The number of carbonyl (C=O) groups excluding carboxylic acids is 1. The van der Waals surface area contributed by atoms with Crippen LogP contribution in [0.5, 0.6) is 0 Å². The third kappa shape index (κ3) is 3.59. The molecule has 0 aromatic heterocycles. The van der Waals surface area contributed by atoms with Crippen LogP contribution in [0.4, 0.5) is 23.7 Å². The summed E-state index contributed by atoms with van der Waals surface area (Å²) >= 11 is 0. The average molecular weight is 432 g/mol. The molecule has 164 valence electrons. The number of likely N-dealkylation sites (N-methyl/N-ethyl adjacent to an activating group) is 1. The van der Waals surface area contributed by atoms with Gasteiger partial charge in [0.05, 0.1) is 23.8 Å². The first kappa shape index (κ1) is 21.7. The van der Waals surface area contributed by atoms with Gasteiger partial charge in [-0.1, -0.05) is 12.1 Å². The Labute approximate surface area is 179 Å². The van der Waals surface area contributed by atoms with Gasteiger partial charge in [0.2, 0.25) is 0 Å². The van der Waals surface area contributed by atoms with Gasteiger partial charge >= 0.3 is 13.1 Å². The second kappa shape index (κ2) is 7.27. The standard InChI is InChI=1S/C22H24BF3N2O3/c1-21(2)22(3,4)31-23(30-21)15-8-7-14(11-17(15)25)28-12-19(27(5)20(28)29)13-6-9-16(24)18(26)10-13/h6-11,19H,12H2,1-5H3. The van der Waals surface area contributed by atoms with Crippen molar-refractivity contribution in [1.82, 2.24) is 4.90 Å². The quantitative estimate of drug-likeness (QED) is 0.689. The molecule has 1 atom stereocenters. The first-order valence-corrected chi connectivity index (χ1v) is 10.1. The number of anilines is 1. The van der Waals surface area contributed by atoms with Crippen molar-refractivity contribution in [3.05, 3.63) is 59.4 Å². The van der Waals surface area contributed by atoms with Gasteiger partial charge in [-0.25, -0.2) is 18.0 Å². The molecule has 1 unspecified atom stereocenters. The predicted molar refractivity (Wildman–Crippen MR) is 112 cm³/mol. The van der Waals surface area contributed by atoms with Crippen molar-refractivity contribution in [2.75, 3.05) is 18.5 Å². The number of nitrogens with zero attached hydrogens (tertiary/aromatic N) is 2. The molecule has 5 nitrogen and oxygen atoms in total. The van der Waals surface area contributed by atoms with Crippen molar-refractivity contribution in [2.45, 2.75) is 44.9 Å². The number of rotatable bonds is 3. The van der Waals surface area contributed by atoms with E-state index in [2.05, 4.69) is 0 Å². The van der Waals surface area contributed by atoms with Gasteiger partial charge in [0.15, 0.2) is 11.6 Å². The summed E-state index contributed by atoms with van der Waals surface area (Å²) in [5.74, 6) is -2.48. The van der Waals surface area contributed by atoms with Crippen LogP contribution in [0.1, 0.15) is 39.3 Å². The van der Waals surface area contributed by atoms with E-state index in [0.29, 0.717) is 11.3 Å². The number of hydrogen-bond donors (Lipinski definition) is 0. The maximum atomic E-state index is 15.0. The lowest BCUT2D eigenvalue weighted by Crippen LogP contribution is -2.41. The molecule has 0 spiro atoms. The summed E-state index contributed by atoms with van der Waals surface area (Å²) in [6.45, 7) is 7.72. The molecule has 0 saturated carbocycles. The van der Waals surface area contributed by atoms with Gasteiger partial charge < -0.3 is 14.2 Å². The van der Waals surface area contributed by atoms with E-state index < -0.39 is 41.8 Å². The van der Waals surface area contributed by atoms with Gasteiger partial charge in [-0.15, -0.1) is 0 Å². The topological polar surface area (TPSA) is 42.0 Å². The molecule has 2 amide bonds. The van der Waals surface area contributed by atoms with Crippen LogP contribution in [0.3, 0.4) is 0 Å². The van der Waals surface area contributed by atoms with Gasteiger partial charge in [-0.2, -0.15) is 0 Å². The molecule has 9 heteroatoms. The second-order valence-electron chi connectivity index (χ2n) is 8.99. The number of urea groups is 1. The first-order valence-electron chi connectivity index (χ1n) is 10.1. The number of amides is 2. The minimum atomic E-state index is -0.977. The van der Waals surface area contributed by atoms with Gasteiger partial charge in [-0.05, 0) is 57.5 Å². The zero-order valence-electron chi connectivity index (χ0n) is 18.1. The molecule has 0 aliphatic carbocycles. The summed E-state index contributed by atoms with van der Waals surface area (Å²) in [5, 5.41) is 0. The molecule has 2 saturated heterocycles. The maximum Gasteiger partial charge on any atom is 0.497 e. The summed E-state index contributed by atoms with van der Waals surface area (Å²) in [6, 6.07) is 7.14. The minimum Gasteiger partial charge on any atom is -0.399 e. The Hall–Kier alpha value is -2.52. The predicted octanol–water partition coefficient (Wildman–Crippen LogP) is 4.02. The molecular formula is C22H24BF3N2O3. The largest absolute Gasteiger partial charge is 0.497 e. The van der Waals surface area contributed by atoms with Gasteiger partial charge in [0.25, 0.3) is 0 Å². The van der Waals surface area contributed by atoms with Crippen molar-refractivity contribution in [3.8, 4) is 0 Å². The first-order chi connectivity index (χ1) is 14.4. The fraction of sp³-hybridized carbons (Fsp3) is 0.409. The van der Waals surface area contributed by atoms with Crippen LogP contribution in [0.15, 0.2) is 36.4 Å². The molecule has 2 heterocycles. The van der Waals surface area contributed by atoms with E-state index in [1.807, 2.05) is 27.7 Å². The summed E-state index contributed by atoms with van der Waals surface area (Å²) < 4.78 is 53.8. The highest BCUT2D eigenvalue weighted by atomic mass is 19.2. The summed E-state index contributed by atoms with van der Waals surface area (Å²) in [4.78, 5) is 15.6. The Balaban J connectivity index is 1.58. The summed E-state index contributed by atoms with van der Waals surface area (Å²) in [5.41, 5.74) is -0.131. The van der Waals surface area contributed by atoms with Crippen LogP contribution in [0.25, 0.3) is 0 Å². The molecule has 0 N–H and O–H groups in total. The fourth-order valence-corrected chi connectivity index (χ4v) is 3.81. The highest BCUT2D eigenvalue weighted by Gasteiger charge is 2.52. The Bertz CT molecular complexity index is 1030. The Morgan fingerprint density at radius 2 is 1.58 bits per heavy atom. The van der Waals surface area contributed by atoms with E-state index in [1.54, 1.807) is 19.2 Å². The number of halogens is 3. The second-order valence-corrected chi connectivity index (χ2v) is 8.99. The molecule has 4 rings (SSSR count). The Kier molecular flexibility index (Phi) is 5.09. The lowest BCUT2D eigenvalue weighted by atomic mass is 9.78. The fourth-order valence-electron chi connectivity index (χ4n) is 3.81. The van der Waals surface area contributed by atoms with E-state index in [4.69, 9.17) is 9.31 Å². The SMILES string of the molecule is CN1C(=O)N(c2ccc(B3OC(C)(C)C(C)(C)O3)c(F)c2)CC1c1ccc(F)c(F)c1. The lowest BCUT2D eigenvalue weighted by Gasteiger charge is -2.32. The normalized spacial score (nSPS) is 22.5. The molecule has 2 aliphatic heterocycles. The molecular weight excluding hydrogens is 408 g/mol. The van der Waals surface area contributed by atoms with Crippen LogP contribution < -0.4 is 10.4 Å². The number of hydrogen-bond acceptors (Lipinski definition) is 3. The van der Waals surface area contributed by atoms with Crippen molar-refractivity contribution in [1.29, 1.82) is 0 Å². The molecule has 2 aromatic rings. The third-order valence-corrected chi connectivity index (χ3v) is 6.49. The average Bonchev–Trinajstić information content (AvgIpc) is 3.09. The smallest absolute Gasteiger partial charge is 0.399 e. The monoisotopic (exact) mass is 432 g/mol. The Morgan fingerprint density at radius 3 is 2.16 bits per heavy atom. The van der Waals surface area contributed by atoms with Crippen LogP contribution in [-0.4, -0.2) is 42.8 Å². The van der Waals surface area contributed by atoms with E-state index in [9.17, 15) is 18.0 Å². The molecule has 0 bridgehead atoms. The molecule has 31 heavy (non-hydrogen) atoms. The van der Waals surface area contributed by atoms with Crippen LogP contribution in [-0.2, 0) is 9.31 Å². The van der Waals surface area contributed by atoms with E-state index in [-0.39, 0.29) is 18.0 Å². The van der Waals surface area contributed by atoms with Crippen LogP contribution in [0, 0.1) is 17.5 Å². The van der Waals surface area contributed by atoms with Crippen molar-refractivity contribution in [3.63, 3.8) is 0 Å². The molecule has 0 radical (unpaired) electrons. The lowest BCUT2D eigenvalue weighted by molar-refractivity contribution is 0.00578. The summed E-state index contributed by atoms with van der Waals surface area (Å²) in [7, 11) is 0.717. The zero-order valence-corrected chi connectivity index (χ0v) is 18.1. The summed E-state index contributed by atoms with van der Waals surface area (Å²) in [6.07, 6.45) is 0. The van der Waals surface area contributed by atoms with Crippen LogP contribution in [0.2, 0.25) is 0 Å². The highest BCUT2D eigenvalue weighted by molar-refractivity contribution is 6.62. The van der Waals surface area contributed by atoms with Gasteiger partial charge in [0, 0.05) is 18.2 Å². The van der Waals surface area contributed by atoms with Crippen LogP contribution >= 0.6 is 0 Å². The van der Waals surface area contributed by atoms with E-state index in [0.717, 1.165) is 12.1 Å². The maximum absolute atomic E-state index is 15.0. The highest BCUT2D eigenvalue weighted by Crippen LogP contribution is 2.37. The number of benzene rings is 2. The van der Waals surface area contributed by atoms with Crippen molar-refractivity contribution >= 4 is 24.3 Å².